The van der Waals surface area contributed by atoms with E-state index in [1.807, 2.05) is 0 Å². The van der Waals surface area contributed by atoms with Crippen LogP contribution in [-0.2, 0) is 30.9 Å². The van der Waals surface area contributed by atoms with Crippen LogP contribution in [0.5, 0.6) is 0 Å². The van der Waals surface area contributed by atoms with Crippen LogP contribution >= 0.6 is 0 Å². The number of nitrogens with one attached hydrogen (secondary N) is 1. The van der Waals surface area contributed by atoms with E-state index in [1.165, 1.54) is 7.11 Å². The second-order valence-corrected chi connectivity index (χ2v) is 6.34. The maximum absolute atomic E-state index is 12.1. The van der Waals surface area contributed by atoms with Crippen LogP contribution in [0.25, 0.3) is 0 Å². The summed E-state index contributed by atoms with van der Waals surface area (Å²) < 4.78 is 31.8. The van der Waals surface area contributed by atoms with Crippen LogP contribution in [0.4, 0.5) is 0 Å². The molecule has 0 fully saturated rings. The molecule has 1 rings (SSSR count). The Morgan fingerprint density at radius 2 is 2.10 bits per heavy atom. The predicted octanol–water partition coefficient (Wildman–Crippen LogP) is -0.556. The number of esters is 1. The zero-order valence-electron chi connectivity index (χ0n) is 11.8. The van der Waals surface area contributed by atoms with E-state index in [2.05, 4.69) is 14.6 Å². The van der Waals surface area contributed by atoms with Gasteiger partial charge in [0, 0.05) is 6.20 Å². The quantitative estimate of drug-likeness (QED) is 0.645. The summed E-state index contributed by atoms with van der Waals surface area (Å²) in [6, 6.07) is -1.25. The molecule has 9 nitrogen and oxygen atoms in total. The first-order valence-corrected chi connectivity index (χ1v) is 7.50. The van der Waals surface area contributed by atoms with E-state index in [4.69, 9.17) is 5.11 Å². The van der Waals surface area contributed by atoms with E-state index in [0.29, 0.717) is 0 Å². The Morgan fingerprint density at radius 1 is 1.48 bits per heavy atom. The van der Waals surface area contributed by atoms with Gasteiger partial charge in [-0.1, -0.05) is 13.8 Å². The number of aliphatic carboxylic acids is 1. The number of ether oxygens (including phenoxy) is 1. The van der Waals surface area contributed by atoms with Crippen molar-refractivity contribution in [3.05, 3.63) is 12.4 Å². The number of carbonyl (C=O) groups is 2. The second kappa shape index (κ2) is 6.68. The van der Waals surface area contributed by atoms with Crippen molar-refractivity contribution in [2.75, 3.05) is 7.11 Å². The van der Waals surface area contributed by atoms with Gasteiger partial charge >= 0.3 is 11.9 Å². The summed E-state index contributed by atoms with van der Waals surface area (Å²) in [5, 5.41) is 12.7. The topological polar surface area (TPSA) is 128 Å². The third kappa shape index (κ3) is 4.53. The minimum Gasteiger partial charge on any atom is -0.480 e. The standard InChI is InChI=1S/C11H17N3O6S/c1-7(2)10(11(16)17)13-21(18,19)8-4-12-14(5-8)6-9(15)20-3/h4-5,7,10,13H,6H2,1-3H3,(H,16,17). The molecule has 0 saturated carbocycles. The van der Waals surface area contributed by atoms with E-state index in [0.717, 1.165) is 17.1 Å². The van der Waals surface area contributed by atoms with Crippen molar-refractivity contribution in [3.63, 3.8) is 0 Å². The molecule has 0 aliphatic carbocycles. The molecule has 0 aliphatic rings. The normalized spacial score (nSPS) is 13.1. The van der Waals surface area contributed by atoms with Crippen LogP contribution in [0.15, 0.2) is 17.3 Å². The van der Waals surface area contributed by atoms with Crippen LogP contribution in [0.1, 0.15) is 13.8 Å². The number of nitrogens with zero attached hydrogens (tertiary/aromatic N) is 2. The first-order chi connectivity index (χ1) is 9.67. The Balaban J connectivity index is 2.93. The van der Waals surface area contributed by atoms with Gasteiger partial charge in [-0.2, -0.15) is 9.82 Å². The van der Waals surface area contributed by atoms with Gasteiger partial charge < -0.3 is 9.84 Å². The van der Waals surface area contributed by atoms with E-state index in [9.17, 15) is 18.0 Å². The molecule has 118 valence electrons. The molecule has 0 aliphatic heterocycles. The molecule has 0 spiro atoms. The molecular weight excluding hydrogens is 302 g/mol. The number of methoxy groups -OCH3 is 1. The van der Waals surface area contributed by atoms with E-state index >= 15 is 0 Å². The Morgan fingerprint density at radius 3 is 2.57 bits per heavy atom. The highest BCUT2D eigenvalue weighted by Crippen LogP contribution is 2.11. The largest absolute Gasteiger partial charge is 0.480 e. The molecule has 0 amide bonds. The monoisotopic (exact) mass is 319 g/mol. The van der Waals surface area contributed by atoms with Gasteiger partial charge in [0.2, 0.25) is 10.0 Å². The molecule has 0 bridgehead atoms. The predicted molar refractivity (Wildman–Crippen MR) is 70.8 cm³/mol. The van der Waals surface area contributed by atoms with Crippen molar-refractivity contribution >= 4 is 22.0 Å². The van der Waals surface area contributed by atoms with Gasteiger partial charge in [0.05, 0.1) is 13.3 Å². The first-order valence-electron chi connectivity index (χ1n) is 6.01. The average molecular weight is 319 g/mol. The molecule has 10 heteroatoms. The number of carbonyl (C=O) groups excluding carboxylic acids is 1. The second-order valence-electron chi connectivity index (χ2n) is 4.63. The highest BCUT2D eigenvalue weighted by molar-refractivity contribution is 7.89. The molecule has 1 aromatic rings. The number of aromatic nitrogens is 2. The fourth-order valence-corrected chi connectivity index (χ4v) is 2.76. The summed E-state index contributed by atoms with van der Waals surface area (Å²) in [5.74, 6) is -2.28. The van der Waals surface area contributed by atoms with Gasteiger partial charge in [-0.3, -0.25) is 14.3 Å². The lowest BCUT2D eigenvalue weighted by molar-refractivity contribution is -0.141. The number of rotatable bonds is 7. The van der Waals surface area contributed by atoms with Crippen LogP contribution in [0, 0.1) is 5.92 Å². The molecule has 1 heterocycles. The molecule has 1 unspecified atom stereocenters. The summed E-state index contributed by atoms with van der Waals surface area (Å²) >= 11 is 0. The number of hydrogen-bond acceptors (Lipinski definition) is 6. The maximum Gasteiger partial charge on any atom is 0.327 e. The van der Waals surface area contributed by atoms with Crippen molar-refractivity contribution in [3.8, 4) is 0 Å². The van der Waals surface area contributed by atoms with Crippen molar-refractivity contribution in [1.29, 1.82) is 0 Å². The third-order valence-corrected chi connectivity index (χ3v) is 4.05. The van der Waals surface area contributed by atoms with Crippen LogP contribution in [0.3, 0.4) is 0 Å². The Hall–Kier alpha value is -1.94. The lowest BCUT2D eigenvalue weighted by Crippen LogP contribution is -2.44. The summed E-state index contributed by atoms with van der Waals surface area (Å²) in [4.78, 5) is 21.9. The van der Waals surface area contributed by atoms with Crippen molar-refractivity contribution in [1.82, 2.24) is 14.5 Å². The van der Waals surface area contributed by atoms with Crippen molar-refractivity contribution < 1.29 is 27.9 Å². The van der Waals surface area contributed by atoms with Gasteiger partial charge in [0.1, 0.15) is 17.5 Å². The number of carboxylic acid groups (broad SMARTS) is 1. The number of sulfonamides is 1. The fourth-order valence-electron chi connectivity index (χ4n) is 1.47. The van der Waals surface area contributed by atoms with E-state index < -0.39 is 33.9 Å². The van der Waals surface area contributed by atoms with Gasteiger partial charge in [-0.25, -0.2) is 8.42 Å². The summed E-state index contributed by atoms with van der Waals surface area (Å²) in [7, 11) is -2.84. The Kier molecular flexibility index (Phi) is 5.44. The summed E-state index contributed by atoms with van der Waals surface area (Å²) in [6.45, 7) is 2.93. The van der Waals surface area contributed by atoms with E-state index in [1.54, 1.807) is 13.8 Å². The molecule has 0 radical (unpaired) electrons. The minimum absolute atomic E-state index is 0.224. The van der Waals surface area contributed by atoms with Crippen LogP contribution < -0.4 is 4.72 Å². The Bertz CT molecular complexity index is 622. The molecular formula is C11H17N3O6S. The van der Waals surface area contributed by atoms with Crippen LogP contribution in [-0.4, -0.2) is 48.4 Å². The van der Waals surface area contributed by atoms with Gasteiger partial charge in [-0.15, -0.1) is 0 Å². The zero-order valence-corrected chi connectivity index (χ0v) is 12.6. The molecule has 1 aromatic heterocycles. The molecule has 1 atom stereocenters. The van der Waals surface area contributed by atoms with Gasteiger partial charge in [0.15, 0.2) is 0 Å². The average Bonchev–Trinajstić information content (AvgIpc) is 2.84. The maximum atomic E-state index is 12.1. The zero-order chi connectivity index (χ0) is 16.2. The number of hydrogen-bond donors (Lipinski definition) is 2. The van der Waals surface area contributed by atoms with Crippen molar-refractivity contribution in [2.45, 2.75) is 31.3 Å². The van der Waals surface area contributed by atoms with Crippen LogP contribution in [0.2, 0.25) is 0 Å². The number of carboxylic acids is 1. The summed E-state index contributed by atoms with van der Waals surface area (Å²) in [6.07, 6.45) is 2.16. The smallest absolute Gasteiger partial charge is 0.327 e. The summed E-state index contributed by atoms with van der Waals surface area (Å²) in [5.41, 5.74) is 0. The lowest BCUT2D eigenvalue weighted by Gasteiger charge is -2.17. The van der Waals surface area contributed by atoms with E-state index in [-0.39, 0.29) is 11.4 Å². The Labute approximate surface area is 121 Å². The fraction of sp³-hybridized carbons (Fsp3) is 0.545. The minimum atomic E-state index is -4.04. The molecule has 0 aromatic carbocycles. The molecule has 0 saturated heterocycles. The van der Waals surface area contributed by atoms with Crippen molar-refractivity contribution in [2.24, 2.45) is 5.92 Å². The highest BCUT2D eigenvalue weighted by Gasteiger charge is 2.28. The first kappa shape index (κ1) is 17.1. The molecule has 2 N–H and O–H groups in total. The third-order valence-electron chi connectivity index (χ3n) is 2.65. The highest BCUT2D eigenvalue weighted by atomic mass is 32.2. The van der Waals surface area contributed by atoms with Gasteiger partial charge in [-0.05, 0) is 5.92 Å². The molecule has 21 heavy (non-hydrogen) atoms. The SMILES string of the molecule is COC(=O)Cn1cc(S(=O)(=O)NC(C(=O)O)C(C)C)cn1. The van der Waals surface area contributed by atoms with Gasteiger partial charge in [0.25, 0.3) is 0 Å². The lowest BCUT2D eigenvalue weighted by atomic mass is 10.1.